The van der Waals surface area contributed by atoms with E-state index in [1.54, 1.807) is 17.5 Å². The molecular formula is C10H7NO4S. The molecule has 82 valence electrons. The Hall–Kier alpha value is -2.08. The molecule has 2 N–H and O–H groups in total. The van der Waals surface area contributed by atoms with E-state index in [4.69, 9.17) is 10.2 Å². The Kier molecular flexibility index (Phi) is 2.49. The largest absolute Gasteiger partial charge is 0.477 e. The molecule has 0 spiro atoms. The number of aromatic carboxylic acids is 2. The van der Waals surface area contributed by atoms with Gasteiger partial charge in [-0.15, -0.1) is 11.3 Å². The van der Waals surface area contributed by atoms with Gasteiger partial charge in [0.25, 0.3) is 0 Å². The maximum absolute atomic E-state index is 10.9. The van der Waals surface area contributed by atoms with Crippen LogP contribution in [0.2, 0.25) is 0 Å². The lowest BCUT2D eigenvalue weighted by molar-refractivity contribution is 0.0678. The Morgan fingerprint density at radius 1 is 1.19 bits per heavy atom. The smallest absolute Gasteiger partial charge is 0.352 e. The molecule has 0 amide bonds. The number of carboxylic acids is 2. The van der Waals surface area contributed by atoms with Crippen LogP contribution in [0.4, 0.5) is 0 Å². The van der Waals surface area contributed by atoms with Gasteiger partial charge in [-0.05, 0) is 23.6 Å². The lowest BCUT2D eigenvalue weighted by Gasteiger charge is -2.04. The molecule has 0 fully saturated rings. The van der Waals surface area contributed by atoms with Crippen LogP contribution in [0.3, 0.4) is 0 Å². The molecule has 0 aliphatic rings. The third kappa shape index (κ3) is 1.59. The summed E-state index contributed by atoms with van der Waals surface area (Å²) in [7, 11) is 0. The standard InChI is InChI=1S/C10H7NO4S/c12-9(13)7-2-1-4-11(7)6-3-5-16-8(6)10(14)15/h1-5H,(H,12,13)(H,14,15). The number of thiophene rings is 1. The lowest BCUT2D eigenvalue weighted by Crippen LogP contribution is -2.08. The first kappa shape index (κ1) is 10.4. The van der Waals surface area contributed by atoms with Gasteiger partial charge in [0.1, 0.15) is 10.6 Å². The number of carbonyl (C=O) groups is 2. The highest BCUT2D eigenvalue weighted by atomic mass is 32.1. The van der Waals surface area contributed by atoms with E-state index in [0.717, 1.165) is 11.3 Å². The quantitative estimate of drug-likeness (QED) is 0.854. The van der Waals surface area contributed by atoms with Crippen molar-refractivity contribution in [3.8, 4) is 5.69 Å². The van der Waals surface area contributed by atoms with Gasteiger partial charge in [-0.25, -0.2) is 9.59 Å². The van der Waals surface area contributed by atoms with Crippen molar-refractivity contribution >= 4 is 23.3 Å². The second kappa shape index (κ2) is 3.82. The lowest BCUT2D eigenvalue weighted by atomic mass is 10.3. The van der Waals surface area contributed by atoms with Gasteiger partial charge in [-0.1, -0.05) is 0 Å². The van der Waals surface area contributed by atoms with E-state index in [1.165, 1.54) is 16.8 Å². The SMILES string of the molecule is O=C(O)c1sccc1-n1cccc1C(=O)O. The number of rotatable bonds is 3. The Morgan fingerprint density at radius 3 is 2.56 bits per heavy atom. The summed E-state index contributed by atoms with van der Waals surface area (Å²) >= 11 is 1.06. The Balaban J connectivity index is 2.59. The molecule has 0 aromatic carbocycles. The summed E-state index contributed by atoms with van der Waals surface area (Å²) in [6, 6.07) is 4.57. The zero-order chi connectivity index (χ0) is 11.7. The van der Waals surface area contributed by atoms with E-state index in [2.05, 4.69) is 0 Å². The molecule has 0 saturated carbocycles. The van der Waals surface area contributed by atoms with Gasteiger partial charge in [0, 0.05) is 6.20 Å². The molecule has 0 bridgehead atoms. The van der Waals surface area contributed by atoms with Crippen molar-refractivity contribution in [1.29, 1.82) is 0 Å². The zero-order valence-electron chi connectivity index (χ0n) is 7.95. The van der Waals surface area contributed by atoms with Gasteiger partial charge < -0.3 is 14.8 Å². The van der Waals surface area contributed by atoms with Gasteiger partial charge in [0.15, 0.2) is 0 Å². The minimum atomic E-state index is -1.09. The van der Waals surface area contributed by atoms with Crippen LogP contribution >= 0.6 is 11.3 Å². The molecule has 6 heteroatoms. The van der Waals surface area contributed by atoms with Crippen LogP contribution < -0.4 is 0 Å². The summed E-state index contributed by atoms with van der Waals surface area (Å²) in [5.74, 6) is -2.15. The molecule has 0 atom stereocenters. The molecule has 2 rings (SSSR count). The van der Waals surface area contributed by atoms with Crippen molar-refractivity contribution in [2.24, 2.45) is 0 Å². The fourth-order valence-electron chi connectivity index (χ4n) is 1.42. The molecule has 5 nitrogen and oxygen atoms in total. The summed E-state index contributed by atoms with van der Waals surface area (Å²) < 4.78 is 1.35. The molecule has 0 radical (unpaired) electrons. The van der Waals surface area contributed by atoms with E-state index in [0.29, 0.717) is 5.69 Å². The third-order valence-electron chi connectivity index (χ3n) is 2.07. The fraction of sp³-hybridized carbons (Fsp3) is 0. The zero-order valence-corrected chi connectivity index (χ0v) is 8.77. The van der Waals surface area contributed by atoms with Crippen molar-refractivity contribution in [2.75, 3.05) is 0 Å². The van der Waals surface area contributed by atoms with Crippen LogP contribution in [0.1, 0.15) is 20.2 Å². The van der Waals surface area contributed by atoms with Crippen LogP contribution in [0.5, 0.6) is 0 Å². The number of carboxylic acid groups (broad SMARTS) is 2. The molecule has 0 unspecified atom stereocenters. The second-order valence-corrected chi connectivity index (χ2v) is 3.92. The molecule has 16 heavy (non-hydrogen) atoms. The average Bonchev–Trinajstić information content (AvgIpc) is 2.85. The summed E-state index contributed by atoms with van der Waals surface area (Å²) in [4.78, 5) is 21.9. The predicted molar refractivity (Wildman–Crippen MR) is 57.6 cm³/mol. The summed E-state index contributed by atoms with van der Waals surface area (Å²) in [5, 5.41) is 19.5. The van der Waals surface area contributed by atoms with Gasteiger partial charge in [0.2, 0.25) is 0 Å². The van der Waals surface area contributed by atoms with Crippen molar-refractivity contribution in [3.05, 3.63) is 40.3 Å². The van der Waals surface area contributed by atoms with Crippen LogP contribution in [-0.4, -0.2) is 26.7 Å². The number of nitrogens with zero attached hydrogens (tertiary/aromatic N) is 1. The second-order valence-electron chi connectivity index (χ2n) is 3.01. The van der Waals surface area contributed by atoms with Crippen molar-refractivity contribution in [2.45, 2.75) is 0 Å². The summed E-state index contributed by atoms with van der Waals surface area (Å²) in [6.45, 7) is 0. The maximum Gasteiger partial charge on any atom is 0.352 e. The van der Waals surface area contributed by atoms with Crippen molar-refractivity contribution < 1.29 is 19.8 Å². The predicted octanol–water partition coefficient (Wildman–Crippen LogP) is 1.94. The fourth-order valence-corrected chi connectivity index (χ4v) is 2.14. The Bertz CT molecular complexity index is 504. The summed E-state index contributed by atoms with van der Waals surface area (Å²) in [6.07, 6.45) is 1.53. The molecule has 0 saturated heterocycles. The average molecular weight is 237 g/mol. The van der Waals surface area contributed by atoms with Gasteiger partial charge in [-0.3, -0.25) is 0 Å². The minimum Gasteiger partial charge on any atom is -0.477 e. The van der Waals surface area contributed by atoms with Gasteiger partial charge in [0.05, 0.1) is 5.69 Å². The highest BCUT2D eigenvalue weighted by Crippen LogP contribution is 2.23. The monoisotopic (exact) mass is 237 g/mol. The van der Waals surface area contributed by atoms with E-state index in [1.807, 2.05) is 0 Å². The first-order valence-electron chi connectivity index (χ1n) is 4.33. The van der Waals surface area contributed by atoms with Crippen molar-refractivity contribution in [3.63, 3.8) is 0 Å². The molecule has 2 aromatic heterocycles. The van der Waals surface area contributed by atoms with E-state index >= 15 is 0 Å². The topological polar surface area (TPSA) is 79.5 Å². The van der Waals surface area contributed by atoms with E-state index in [9.17, 15) is 9.59 Å². The molecule has 0 aliphatic carbocycles. The van der Waals surface area contributed by atoms with Crippen LogP contribution in [-0.2, 0) is 0 Å². The van der Waals surface area contributed by atoms with E-state index in [-0.39, 0.29) is 10.6 Å². The maximum atomic E-state index is 10.9. The van der Waals surface area contributed by atoms with Gasteiger partial charge in [-0.2, -0.15) is 0 Å². The van der Waals surface area contributed by atoms with Crippen LogP contribution in [0, 0.1) is 0 Å². The molecular weight excluding hydrogens is 230 g/mol. The first-order chi connectivity index (χ1) is 7.61. The highest BCUT2D eigenvalue weighted by molar-refractivity contribution is 7.12. The summed E-state index contributed by atoms with van der Waals surface area (Å²) in [5.41, 5.74) is 0.417. The Labute approximate surface area is 94.2 Å². The first-order valence-corrected chi connectivity index (χ1v) is 5.21. The van der Waals surface area contributed by atoms with Gasteiger partial charge >= 0.3 is 11.9 Å². The molecule has 2 heterocycles. The van der Waals surface area contributed by atoms with Crippen molar-refractivity contribution in [1.82, 2.24) is 4.57 Å². The third-order valence-corrected chi connectivity index (χ3v) is 2.96. The molecule has 0 aliphatic heterocycles. The van der Waals surface area contributed by atoms with Crippen LogP contribution in [0.15, 0.2) is 29.8 Å². The number of hydrogen-bond acceptors (Lipinski definition) is 3. The van der Waals surface area contributed by atoms with Crippen LogP contribution in [0.25, 0.3) is 5.69 Å². The highest BCUT2D eigenvalue weighted by Gasteiger charge is 2.17. The Morgan fingerprint density at radius 2 is 1.94 bits per heavy atom. The minimum absolute atomic E-state index is 0.0425. The van der Waals surface area contributed by atoms with E-state index < -0.39 is 11.9 Å². The normalized spacial score (nSPS) is 10.2. The number of aromatic nitrogens is 1. The number of hydrogen-bond donors (Lipinski definition) is 2. The molecule has 2 aromatic rings.